The van der Waals surface area contributed by atoms with E-state index < -0.39 is 35.4 Å². The summed E-state index contributed by atoms with van der Waals surface area (Å²) in [5.41, 5.74) is 19.1. The normalized spacial score (nSPS) is 18.5. The predicted octanol–water partition coefficient (Wildman–Crippen LogP) is 2.86. The molecule has 8 nitrogen and oxygen atoms in total. The van der Waals surface area contributed by atoms with Crippen LogP contribution in [-0.2, 0) is 22.4 Å². The van der Waals surface area contributed by atoms with Gasteiger partial charge in [0.2, 0.25) is 11.8 Å². The Labute approximate surface area is 257 Å². The van der Waals surface area contributed by atoms with E-state index in [1.54, 1.807) is 9.80 Å². The van der Waals surface area contributed by atoms with Gasteiger partial charge in [-0.25, -0.2) is 17.6 Å². The third-order valence-corrected chi connectivity index (χ3v) is 7.98. The topological polar surface area (TPSA) is 131 Å². The summed E-state index contributed by atoms with van der Waals surface area (Å²) in [6, 6.07) is 4.23. The number of halogens is 4. The molecule has 1 fully saturated rings. The highest BCUT2D eigenvalue weighted by Gasteiger charge is 2.40. The van der Waals surface area contributed by atoms with Gasteiger partial charge in [0, 0.05) is 38.3 Å². The quantitative estimate of drug-likeness (QED) is 0.179. The first-order valence-corrected chi connectivity index (χ1v) is 15.3. The first kappa shape index (κ1) is 35.4. The molecular weight excluding hydrogens is 576 g/mol. The number of amides is 2. The molecule has 0 aliphatic carbocycles. The molecule has 7 N–H and O–H groups in total. The van der Waals surface area contributed by atoms with E-state index in [1.165, 1.54) is 12.1 Å². The van der Waals surface area contributed by atoms with E-state index in [1.807, 2.05) is 13.8 Å². The summed E-state index contributed by atoms with van der Waals surface area (Å²) >= 11 is 0. The number of carbonyl (C=O) groups excluding carboxylic acids is 2. The van der Waals surface area contributed by atoms with Crippen LogP contribution in [0.3, 0.4) is 0 Å². The molecule has 44 heavy (non-hydrogen) atoms. The minimum absolute atomic E-state index is 0.0266. The van der Waals surface area contributed by atoms with Crippen LogP contribution in [0.1, 0.15) is 50.7 Å². The van der Waals surface area contributed by atoms with Gasteiger partial charge in [0.25, 0.3) is 0 Å². The van der Waals surface area contributed by atoms with Crippen LogP contribution in [0.2, 0.25) is 0 Å². The van der Waals surface area contributed by atoms with E-state index in [2.05, 4.69) is 5.32 Å². The molecular formula is C32H46F4N6O2. The van der Waals surface area contributed by atoms with Crippen molar-refractivity contribution >= 4 is 11.8 Å². The van der Waals surface area contributed by atoms with Crippen LogP contribution in [0.5, 0.6) is 0 Å². The van der Waals surface area contributed by atoms with Gasteiger partial charge in [0.05, 0.1) is 12.1 Å². The second-order valence-electron chi connectivity index (χ2n) is 12.1. The Morgan fingerprint density at radius 3 is 1.77 bits per heavy atom. The summed E-state index contributed by atoms with van der Waals surface area (Å²) in [5.74, 6) is -4.43. The van der Waals surface area contributed by atoms with Gasteiger partial charge in [-0.05, 0) is 80.0 Å². The van der Waals surface area contributed by atoms with Crippen LogP contribution in [0.25, 0.3) is 0 Å². The fourth-order valence-corrected chi connectivity index (χ4v) is 5.78. The Kier molecular flexibility index (Phi) is 13.6. The second kappa shape index (κ2) is 16.9. The molecule has 1 aliphatic rings. The molecule has 2 aromatic rings. The molecule has 0 bridgehead atoms. The third-order valence-electron chi connectivity index (χ3n) is 7.98. The van der Waals surface area contributed by atoms with Crippen molar-refractivity contribution in [2.45, 2.75) is 76.5 Å². The van der Waals surface area contributed by atoms with Gasteiger partial charge in [-0.1, -0.05) is 32.4 Å². The SMILES string of the molecule is CC(C)C[C@@H]1CN(C(=O)[C@H](N)Cc2ccc(F)c(F)c2)C(CCCCNCCN)CN1C(=O)[C@H](N)Cc1ccc(F)c(F)c1. The summed E-state index contributed by atoms with van der Waals surface area (Å²) in [6.45, 7) is 6.49. The third kappa shape index (κ3) is 9.98. The van der Waals surface area contributed by atoms with E-state index in [9.17, 15) is 27.2 Å². The van der Waals surface area contributed by atoms with E-state index in [-0.39, 0.29) is 55.7 Å². The fraction of sp³-hybridized carbons (Fsp3) is 0.562. The van der Waals surface area contributed by atoms with Gasteiger partial charge in [0.1, 0.15) is 0 Å². The van der Waals surface area contributed by atoms with E-state index in [0.717, 1.165) is 43.7 Å². The summed E-state index contributed by atoms with van der Waals surface area (Å²) in [6.07, 6.45) is 2.85. The molecule has 1 heterocycles. The largest absolute Gasteiger partial charge is 0.335 e. The predicted molar refractivity (Wildman–Crippen MR) is 162 cm³/mol. The Balaban J connectivity index is 1.81. The zero-order valence-corrected chi connectivity index (χ0v) is 25.6. The van der Waals surface area contributed by atoms with Crippen LogP contribution < -0.4 is 22.5 Å². The molecule has 0 saturated carbocycles. The van der Waals surface area contributed by atoms with Crippen molar-refractivity contribution < 1.29 is 27.2 Å². The zero-order chi connectivity index (χ0) is 32.4. The maximum Gasteiger partial charge on any atom is 0.240 e. The Morgan fingerprint density at radius 1 is 0.795 bits per heavy atom. The molecule has 0 radical (unpaired) electrons. The lowest BCUT2D eigenvalue weighted by molar-refractivity contribution is -0.149. The number of carbonyl (C=O) groups is 2. The molecule has 1 aliphatic heterocycles. The minimum Gasteiger partial charge on any atom is -0.335 e. The molecule has 3 rings (SSSR count). The first-order chi connectivity index (χ1) is 20.9. The summed E-state index contributed by atoms with van der Waals surface area (Å²) in [5, 5.41) is 3.25. The Bertz CT molecular complexity index is 1250. The number of nitrogens with zero attached hydrogens (tertiary/aromatic N) is 2. The van der Waals surface area contributed by atoms with Crippen LogP contribution in [-0.4, -0.2) is 78.5 Å². The average Bonchev–Trinajstić information content (AvgIpc) is 2.98. The van der Waals surface area contributed by atoms with Gasteiger partial charge >= 0.3 is 0 Å². The van der Waals surface area contributed by atoms with Crippen LogP contribution in [0.4, 0.5) is 17.6 Å². The molecule has 1 unspecified atom stereocenters. The van der Waals surface area contributed by atoms with Crippen molar-refractivity contribution in [2.75, 3.05) is 32.7 Å². The number of rotatable bonds is 15. The maximum atomic E-state index is 13.8. The summed E-state index contributed by atoms with van der Waals surface area (Å²) < 4.78 is 54.5. The molecule has 0 aromatic heterocycles. The van der Waals surface area contributed by atoms with E-state index >= 15 is 0 Å². The molecule has 4 atom stereocenters. The van der Waals surface area contributed by atoms with Gasteiger partial charge in [-0.15, -0.1) is 0 Å². The van der Waals surface area contributed by atoms with Gasteiger partial charge in [-0.3, -0.25) is 9.59 Å². The highest BCUT2D eigenvalue weighted by Crippen LogP contribution is 2.26. The standard InChI is InChI=1S/C32H46F4N6O2/c1-20(2)13-24-19-41(31(43)29(38)16-21-6-8-25(33)27(35)14-21)23(5-3-4-11-40-12-10-37)18-42(24)32(44)30(39)17-22-7-9-26(34)28(36)15-22/h6-9,14-15,20,23-24,29-30,40H,3-5,10-13,16-19,37-39H2,1-2H3/t23?,24-,29-,30-/m1/s1. The lowest BCUT2D eigenvalue weighted by atomic mass is 9.93. The van der Waals surface area contributed by atoms with Crippen molar-refractivity contribution in [1.82, 2.24) is 15.1 Å². The summed E-state index contributed by atoms with van der Waals surface area (Å²) in [4.78, 5) is 31.0. The lowest BCUT2D eigenvalue weighted by Gasteiger charge is -2.48. The molecule has 12 heteroatoms. The van der Waals surface area contributed by atoms with Crippen molar-refractivity contribution in [2.24, 2.45) is 23.1 Å². The zero-order valence-electron chi connectivity index (χ0n) is 25.6. The number of piperazine rings is 1. The van der Waals surface area contributed by atoms with E-state index in [4.69, 9.17) is 17.2 Å². The number of hydrogen-bond acceptors (Lipinski definition) is 6. The van der Waals surface area contributed by atoms with Crippen molar-refractivity contribution in [3.63, 3.8) is 0 Å². The highest BCUT2D eigenvalue weighted by molar-refractivity contribution is 5.85. The van der Waals surface area contributed by atoms with Crippen LogP contribution >= 0.6 is 0 Å². The van der Waals surface area contributed by atoms with Crippen LogP contribution in [0.15, 0.2) is 36.4 Å². The van der Waals surface area contributed by atoms with Gasteiger partial charge in [0.15, 0.2) is 23.3 Å². The highest BCUT2D eigenvalue weighted by atomic mass is 19.2. The molecule has 2 aromatic carbocycles. The number of unbranched alkanes of at least 4 members (excludes halogenated alkanes) is 1. The van der Waals surface area contributed by atoms with Gasteiger partial charge < -0.3 is 32.3 Å². The van der Waals surface area contributed by atoms with Crippen molar-refractivity contribution in [1.29, 1.82) is 0 Å². The number of benzene rings is 2. The Hall–Kier alpha value is -3.06. The molecule has 0 spiro atoms. The van der Waals surface area contributed by atoms with E-state index in [0.29, 0.717) is 37.1 Å². The van der Waals surface area contributed by atoms with Gasteiger partial charge in [-0.2, -0.15) is 0 Å². The van der Waals surface area contributed by atoms with Crippen molar-refractivity contribution in [3.05, 3.63) is 70.8 Å². The number of hydrogen-bond donors (Lipinski definition) is 4. The molecule has 244 valence electrons. The summed E-state index contributed by atoms with van der Waals surface area (Å²) in [7, 11) is 0. The fourth-order valence-electron chi connectivity index (χ4n) is 5.78. The van der Waals surface area contributed by atoms with Crippen LogP contribution in [0, 0.1) is 29.2 Å². The maximum absolute atomic E-state index is 13.8. The lowest BCUT2D eigenvalue weighted by Crippen LogP contribution is -2.65. The minimum atomic E-state index is -1.01. The monoisotopic (exact) mass is 622 g/mol. The Morgan fingerprint density at radius 2 is 1.30 bits per heavy atom. The van der Waals surface area contributed by atoms with Crippen molar-refractivity contribution in [3.8, 4) is 0 Å². The number of nitrogens with two attached hydrogens (primary N) is 3. The number of nitrogens with one attached hydrogen (secondary N) is 1. The smallest absolute Gasteiger partial charge is 0.240 e. The molecule has 1 saturated heterocycles. The average molecular weight is 623 g/mol. The molecule has 2 amide bonds. The second-order valence-corrected chi connectivity index (χ2v) is 12.1. The first-order valence-electron chi connectivity index (χ1n) is 15.3.